The van der Waals surface area contributed by atoms with Gasteiger partial charge in [-0.05, 0) is 33.2 Å². The van der Waals surface area contributed by atoms with Crippen LogP contribution in [-0.4, -0.2) is 39.2 Å². The number of nitrogens with zero attached hydrogens (tertiary/aromatic N) is 3. The Hall–Kier alpha value is -1.05. The molecule has 0 fully saturated rings. The first-order valence-electron chi connectivity index (χ1n) is 4.82. The van der Waals surface area contributed by atoms with Gasteiger partial charge in [0.05, 0.1) is 10.6 Å². The van der Waals surface area contributed by atoms with E-state index >= 15 is 0 Å². The summed E-state index contributed by atoms with van der Waals surface area (Å²) in [6.07, 6.45) is 0. The van der Waals surface area contributed by atoms with E-state index in [1.54, 1.807) is 11.3 Å². The maximum atomic E-state index is 4.93. The summed E-state index contributed by atoms with van der Waals surface area (Å²) in [5.74, 6) is 0.769. The lowest BCUT2D eigenvalue weighted by Crippen LogP contribution is -2.10. The average molecular weight is 255 g/mol. The van der Waals surface area contributed by atoms with Gasteiger partial charge in [0.25, 0.3) is 0 Å². The van der Waals surface area contributed by atoms with Crippen molar-refractivity contribution in [3.8, 4) is 10.7 Å². The standard InChI is InChI=1S/C9H13N5S2/c1-5-7(8-11-9(15)13-12-8)16-6(10-5)4-14(2)3/h4H2,1-3H3,(H2,11,12,13,15). The van der Waals surface area contributed by atoms with Crippen molar-refractivity contribution < 1.29 is 0 Å². The Bertz CT molecular complexity index is 536. The van der Waals surface area contributed by atoms with Crippen LogP contribution in [0.15, 0.2) is 0 Å². The molecule has 0 atom stereocenters. The summed E-state index contributed by atoms with van der Waals surface area (Å²) in [5.41, 5.74) is 0.986. The summed E-state index contributed by atoms with van der Waals surface area (Å²) in [5, 5.41) is 6.82. The highest BCUT2D eigenvalue weighted by Crippen LogP contribution is 2.27. The van der Waals surface area contributed by atoms with Crippen molar-refractivity contribution >= 4 is 23.6 Å². The van der Waals surface area contributed by atoms with E-state index in [-0.39, 0.29) is 0 Å². The Morgan fingerprint density at radius 3 is 2.62 bits per heavy atom. The molecule has 86 valence electrons. The molecular formula is C9H13N5S2. The fourth-order valence-electron chi connectivity index (χ4n) is 1.39. The van der Waals surface area contributed by atoms with Gasteiger partial charge < -0.3 is 4.90 Å². The molecule has 0 radical (unpaired) electrons. The molecule has 0 saturated heterocycles. The second-order valence-corrected chi connectivity index (χ2v) is 5.25. The van der Waals surface area contributed by atoms with Gasteiger partial charge in [-0.3, -0.25) is 10.2 Å². The fourth-order valence-corrected chi connectivity index (χ4v) is 2.66. The largest absolute Gasteiger partial charge is 0.303 e. The minimum absolute atomic E-state index is 0.469. The third kappa shape index (κ3) is 2.37. The van der Waals surface area contributed by atoms with Crippen LogP contribution in [0.1, 0.15) is 10.7 Å². The number of aromatic nitrogens is 4. The summed E-state index contributed by atoms with van der Waals surface area (Å²) in [4.78, 5) is 11.8. The van der Waals surface area contributed by atoms with E-state index < -0.39 is 0 Å². The summed E-state index contributed by atoms with van der Waals surface area (Å²) >= 11 is 6.57. The molecule has 0 amide bonds. The molecule has 2 aromatic rings. The van der Waals surface area contributed by atoms with E-state index in [0.717, 1.165) is 27.9 Å². The number of H-pyrrole nitrogens is 2. The number of hydrogen-bond donors (Lipinski definition) is 2. The zero-order valence-corrected chi connectivity index (χ0v) is 11.0. The van der Waals surface area contributed by atoms with Gasteiger partial charge in [0.1, 0.15) is 5.01 Å². The minimum atomic E-state index is 0.469. The second-order valence-electron chi connectivity index (χ2n) is 3.78. The highest BCUT2D eigenvalue weighted by molar-refractivity contribution is 7.71. The van der Waals surface area contributed by atoms with Gasteiger partial charge in [0.2, 0.25) is 4.77 Å². The molecule has 16 heavy (non-hydrogen) atoms. The summed E-state index contributed by atoms with van der Waals surface area (Å²) in [6, 6.07) is 0. The van der Waals surface area contributed by atoms with Crippen molar-refractivity contribution in [2.75, 3.05) is 14.1 Å². The summed E-state index contributed by atoms with van der Waals surface area (Å²) in [7, 11) is 4.05. The highest BCUT2D eigenvalue weighted by Gasteiger charge is 2.12. The van der Waals surface area contributed by atoms with Crippen LogP contribution in [0.3, 0.4) is 0 Å². The van der Waals surface area contributed by atoms with Gasteiger partial charge in [-0.2, -0.15) is 4.98 Å². The van der Waals surface area contributed by atoms with E-state index in [9.17, 15) is 0 Å². The van der Waals surface area contributed by atoms with Crippen LogP contribution in [0.25, 0.3) is 10.7 Å². The zero-order chi connectivity index (χ0) is 11.7. The fraction of sp³-hybridized carbons (Fsp3) is 0.444. The lowest BCUT2D eigenvalue weighted by Gasteiger charge is -2.04. The molecule has 0 unspecified atom stereocenters. The van der Waals surface area contributed by atoms with Crippen LogP contribution in [0.2, 0.25) is 0 Å². The number of aryl methyl sites for hydroxylation is 1. The molecule has 0 aliphatic carbocycles. The predicted octanol–water partition coefficient (Wildman–Crippen LogP) is 1.96. The van der Waals surface area contributed by atoms with Crippen LogP contribution >= 0.6 is 23.6 Å². The number of nitrogens with one attached hydrogen (secondary N) is 2. The van der Waals surface area contributed by atoms with E-state index in [0.29, 0.717) is 4.77 Å². The molecule has 0 aromatic carbocycles. The lowest BCUT2D eigenvalue weighted by molar-refractivity contribution is 0.401. The van der Waals surface area contributed by atoms with E-state index in [2.05, 4.69) is 25.1 Å². The third-order valence-corrected chi connectivity index (χ3v) is 3.35. The van der Waals surface area contributed by atoms with Crippen molar-refractivity contribution in [1.29, 1.82) is 0 Å². The molecule has 0 spiro atoms. The maximum absolute atomic E-state index is 4.93. The second kappa shape index (κ2) is 4.44. The summed E-state index contributed by atoms with van der Waals surface area (Å²) < 4.78 is 0.469. The number of hydrogen-bond acceptors (Lipinski definition) is 5. The van der Waals surface area contributed by atoms with Crippen LogP contribution in [-0.2, 0) is 6.54 Å². The highest BCUT2D eigenvalue weighted by atomic mass is 32.1. The molecular weight excluding hydrogens is 242 g/mol. The molecule has 0 aliphatic heterocycles. The van der Waals surface area contributed by atoms with Crippen molar-refractivity contribution in [3.05, 3.63) is 15.5 Å². The first-order valence-corrected chi connectivity index (χ1v) is 6.05. The van der Waals surface area contributed by atoms with Crippen molar-refractivity contribution in [2.45, 2.75) is 13.5 Å². The summed E-state index contributed by atoms with van der Waals surface area (Å²) in [6.45, 7) is 2.83. The molecule has 0 aliphatic rings. The quantitative estimate of drug-likeness (QED) is 0.823. The molecule has 0 bridgehead atoms. The lowest BCUT2D eigenvalue weighted by atomic mass is 10.4. The normalized spacial score (nSPS) is 11.2. The van der Waals surface area contributed by atoms with E-state index in [1.165, 1.54) is 0 Å². The molecule has 7 heteroatoms. The number of thiazole rings is 1. The first-order chi connectivity index (χ1) is 7.56. The molecule has 2 aromatic heterocycles. The zero-order valence-electron chi connectivity index (χ0n) is 9.37. The van der Waals surface area contributed by atoms with Gasteiger partial charge in [-0.25, -0.2) is 4.98 Å². The minimum Gasteiger partial charge on any atom is -0.303 e. The Balaban J connectivity index is 2.35. The van der Waals surface area contributed by atoms with Gasteiger partial charge in [0, 0.05) is 6.54 Å². The molecule has 2 heterocycles. The van der Waals surface area contributed by atoms with Crippen molar-refractivity contribution in [1.82, 2.24) is 25.1 Å². The van der Waals surface area contributed by atoms with E-state index in [4.69, 9.17) is 12.2 Å². The maximum Gasteiger partial charge on any atom is 0.213 e. The van der Waals surface area contributed by atoms with Crippen LogP contribution in [0, 0.1) is 11.7 Å². The van der Waals surface area contributed by atoms with Gasteiger partial charge in [-0.1, -0.05) is 0 Å². The Morgan fingerprint density at radius 1 is 1.31 bits per heavy atom. The Morgan fingerprint density at radius 2 is 2.06 bits per heavy atom. The smallest absolute Gasteiger partial charge is 0.213 e. The number of rotatable bonds is 3. The van der Waals surface area contributed by atoms with Crippen LogP contribution in [0.4, 0.5) is 0 Å². The van der Waals surface area contributed by atoms with Crippen LogP contribution < -0.4 is 0 Å². The third-order valence-electron chi connectivity index (χ3n) is 2.01. The first kappa shape index (κ1) is 11.4. The Labute approximate surface area is 103 Å². The van der Waals surface area contributed by atoms with Crippen molar-refractivity contribution in [2.24, 2.45) is 0 Å². The molecule has 0 saturated carbocycles. The van der Waals surface area contributed by atoms with Crippen molar-refractivity contribution in [3.63, 3.8) is 0 Å². The van der Waals surface area contributed by atoms with Crippen LogP contribution in [0.5, 0.6) is 0 Å². The van der Waals surface area contributed by atoms with Gasteiger partial charge in [-0.15, -0.1) is 11.3 Å². The monoisotopic (exact) mass is 255 g/mol. The number of aromatic amines is 2. The van der Waals surface area contributed by atoms with Gasteiger partial charge >= 0.3 is 0 Å². The topological polar surface area (TPSA) is 60.6 Å². The molecule has 5 nitrogen and oxygen atoms in total. The molecule has 2 rings (SSSR count). The van der Waals surface area contributed by atoms with E-state index in [1.807, 2.05) is 21.0 Å². The average Bonchev–Trinajstić information content (AvgIpc) is 2.72. The Kier molecular flexibility index (Phi) is 3.17. The van der Waals surface area contributed by atoms with Gasteiger partial charge in [0.15, 0.2) is 5.82 Å². The molecule has 2 N–H and O–H groups in total. The SMILES string of the molecule is Cc1nc(CN(C)C)sc1-c1nc(=S)[nH][nH]1. The predicted molar refractivity (Wildman–Crippen MR) is 67.0 cm³/mol.